The van der Waals surface area contributed by atoms with Gasteiger partial charge in [-0.1, -0.05) is 0 Å². The maximum Gasteiger partial charge on any atom is 0.281 e. The van der Waals surface area contributed by atoms with Crippen molar-refractivity contribution >= 4 is 21.8 Å². The summed E-state index contributed by atoms with van der Waals surface area (Å²) in [6, 6.07) is 0. The van der Waals surface area contributed by atoms with Crippen LogP contribution in [0, 0.1) is 11.8 Å². The van der Waals surface area contributed by atoms with Gasteiger partial charge in [0.15, 0.2) is 0 Å². The van der Waals surface area contributed by atoms with Crippen LogP contribution < -0.4 is 0 Å². The Morgan fingerprint density at radius 1 is 1.15 bits per heavy atom. The van der Waals surface area contributed by atoms with Crippen molar-refractivity contribution in [1.82, 2.24) is 8.61 Å². The van der Waals surface area contributed by atoms with Crippen LogP contribution in [0.15, 0.2) is 0 Å². The summed E-state index contributed by atoms with van der Waals surface area (Å²) in [6.07, 6.45) is 3.64. The van der Waals surface area contributed by atoms with Crippen molar-refractivity contribution in [2.24, 2.45) is 11.8 Å². The lowest BCUT2D eigenvalue weighted by atomic mass is 10.0. The molecule has 0 aromatic heterocycles. The largest absolute Gasteiger partial charge is 0.381 e. The van der Waals surface area contributed by atoms with E-state index < -0.39 is 10.2 Å². The summed E-state index contributed by atoms with van der Waals surface area (Å²) in [5.41, 5.74) is 0. The molecule has 0 radical (unpaired) electrons. The molecule has 5 nitrogen and oxygen atoms in total. The predicted octanol–water partition coefficient (Wildman–Crippen LogP) is 1.54. The molecule has 0 amide bonds. The molecular weight excluding hydrogens is 300 g/mol. The monoisotopic (exact) mass is 324 g/mol. The van der Waals surface area contributed by atoms with E-state index in [-0.39, 0.29) is 0 Å². The highest BCUT2D eigenvalue weighted by Gasteiger charge is 2.32. The molecule has 20 heavy (non-hydrogen) atoms. The van der Waals surface area contributed by atoms with Crippen molar-refractivity contribution in [2.75, 3.05) is 45.8 Å². The first kappa shape index (κ1) is 16.5. The van der Waals surface area contributed by atoms with Gasteiger partial charge in [0.1, 0.15) is 0 Å². The smallest absolute Gasteiger partial charge is 0.281 e. The summed E-state index contributed by atoms with van der Waals surface area (Å²) in [5, 5.41) is 0. The normalized spacial score (nSPS) is 24.4. The van der Waals surface area contributed by atoms with Crippen LogP contribution in [0.4, 0.5) is 0 Å². The maximum atomic E-state index is 12.5. The molecular formula is C13H25ClN2O3S. The van der Waals surface area contributed by atoms with Gasteiger partial charge in [-0.3, -0.25) is 0 Å². The minimum Gasteiger partial charge on any atom is -0.381 e. The fourth-order valence-electron chi connectivity index (χ4n) is 2.88. The van der Waals surface area contributed by atoms with Gasteiger partial charge in [0, 0.05) is 45.8 Å². The summed E-state index contributed by atoms with van der Waals surface area (Å²) in [5.74, 6) is 1.51. The molecule has 2 aliphatic rings. The highest BCUT2D eigenvalue weighted by molar-refractivity contribution is 7.86. The van der Waals surface area contributed by atoms with Gasteiger partial charge < -0.3 is 4.74 Å². The number of ether oxygens (including phenoxy) is 1. The van der Waals surface area contributed by atoms with Crippen LogP contribution in [0.1, 0.15) is 25.7 Å². The number of rotatable bonds is 5. The topological polar surface area (TPSA) is 49.9 Å². The Hall–Kier alpha value is 0.120. The zero-order valence-corrected chi connectivity index (χ0v) is 13.7. The summed E-state index contributed by atoms with van der Waals surface area (Å²) in [4.78, 5) is 0. The second-order valence-electron chi connectivity index (χ2n) is 5.84. The summed E-state index contributed by atoms with van der Waals surface area (Å²) >= 11 is 5.84. The lowest BCUT2D eigenvalue weighted by Crippen LogP contribution is -2.47. The SMILES string of the molecule is CN(CC1CCOCC1)S(=O)(=O)N1CCC(CCl)CC1. The van der Waals surface area contributed by atoms with E-state index >= 15 is 0 Å². The van der Waals surface area contributed by atoms with Crippen molar-refractivity contribution in [2.45, 2.75) is 25.7 Å². The van der Waals surface area contributed by atoms with E-state index in [1.807, 2.05) is 0 Å². The van der Waals surface area contributed by atoms with Crippen LogP contribution in [0.3, 0.4) is 0 Å². The first-order valence-corrected chi connectivity index (χ1v) is 9.32. The van der Waals surface area contributed by atoms with E-state index in [2.05, 4.69) is 0 Å². The Balaban J connectivity index is 1.88. The zero-order valence-electron chi connectivity index (χ0n) is 12.1. The van der Waals surface area contributed by atoms with Crippen molar-refractivity contribution in [3.05, 3.63) is 0 Å². The van der Waals surface area contributed by atoms with E-state index in [0.717, 1.165) is 38.9 Å². The van der Waals surface area contributed by atoms with Gasteiger partial charge in [0.25, 0.3) is 10.2 Å². The van der Waals surface area contributed by atoms with Crippen molar-refractivity contribution in [3.8, 4) is 0 Å². The standard InChI is InChI=1S/C13H25ClN2O3S/c1-15(11-13-4-8-19-9-5-13)20(17,18)16-6-2-12(10-14)3-7-16/h12-13H,2-11H2,1H3. The molecule has 2 saturated heterocycles. The highest BCUT2D eigenvalue weighted by Crippen LogP contribution is 2.23. The van der Waals surface area contributed by atoms with Gasteiger partial charge in [-0.05, 0) is 37.5 Å². The minimum atomic E-state index is -3.31. The molecule has 0 bridgehead atoms. The maximum absolute atomic E-state index is 12.5. The molecule has 2 fully saturated rings. The number of hydrogen-bond donors (Lipinski definition) is 0. The van der Waals surface area contributed by atoms with E-state index in [1.54, 1.807) is 11.4 Å². The van der Waals surface area contributed by atoms with Gasteiger partial charge in [0.2, 0.25) is 0 Å². The molecule has 0 N–H and O–H groups in total. The van der Waals surface area contributed by atoms with Crippen molar-refractivity contribution in [1.29, 1.82) is 0 Å². The number of alkyl halides is 1. The van der Waals surface area contributed by atoms with Gasteiger partial charge in [-0.15, -0.1) is 11.6 Å². The van der Waals surface area contributed by atoms with Crippen LogP contribution >= 0.6 is 11.6 Å². The van der Waals surface area contributed by atoms with Gasteiger partial charge in [-0.2, -0.15) is 17.0 Å². The Labute approximate surface area is 127 Å². The van der Waals surface area contributed by atoms with E-state index in [4.69, 9.17) is 16.3 Å². The van der Waals surface area contributed by atoms with E-state index in [9.17, 15) is 8.42 Å². The Morgan fingerprint density at radius 2 is 1.75 bits per heavy atom. The third-order valence-electron chi connectivity index (χ3n) is 4.37. The zero-order chi connectivity index (χ0) is 14.6. The molecule has 7 heteroatoms. The number of piperidine rings is 1. The van der Waals surface area contributed by atoms with Crippen molar-refractivity contribution in [3.63, 3.8) is 0 Å². The highest BCUT2D eigenvalue weighted by atomic mass is 35.5. The second-order valence-corrected chi connectivity index (χ2v) is 8.18. The average molecular weight is 325 g/mol. The first-order chi connectivity index (χ1) is 9.54. The molecule has 0 aromatic carbocycles. The summed E-state index contributed by atoms with van der Waals surface area (Å²) in [6.45, 7) is 3.29. The molecule has 0 spiro atoms. The Bertz CT molecular complexity index is 390. The third kappa shape index (κ3) is 4.07. The molecule has 0 aromatic rings. The van der Waals surface area contributed by atoms with Gasteiger partial charge >= 0.3 is 0 Å². The molecule has 118 valence electrons. The van der Waals surface area contributed by atoms with Gasteiger partial charge in [-0.25, -0.2) is 0 Å². The number of nitrogens with zero attached hydrogens (tertiary/aromatic N) is 2. The molecule has 0 saturated carbocycles. The molecule has 0 aliphatic carbocycles. The minimum absolute atomic E-state index is 0.420. The predicted molar refractivity (Wildman–Crippen MR) is 80.1 cm³/mol. The molecule has 0 unspecified atom stereocenters. The van der Waals surface area contributed by atoms with Gasteiger partial charge in [0.05, 0.1) is 0 Å². The summed E-state index contributed by atoms with van der Waals surface area (Å²) in [7, 11) is -1.62. The molecule has 2 aliphatic heterocycles. The third-order valence-corrected chi connectivity index (χ3v) is 6.76. The van der Waals surface area contributed by atoms with E-state index in [0.29, 0.717) is 37.4 Å². The van der Waals surface area contributed by atoms with Crippen LogP contribution in [-0.2, 0) is 14.9 Å². The number of hydrogen-bond acceptors (Lipinski definition) is 3. The Morgan fingerprint density at radius 3 is 2.30 bits per heavy atom. The van der Waals surface area contributed by atoms with Crippen LogP contribution in [0.5, 0.6) is 0 Å². The van der Waals surface area contributed by atoms with Crippen molar-refractivity contribution < 1.29 is 13.2 Å². The Kier molecular flexibility index (Phi) is 6.10. The van der Waals surface area contributed by atoms with E-state index in [1.165, 1.54) is 4.31 Å². The average Bonchev–Trinajstić information content (AvgIpc) is 2.48. The van der Waals surface area contributed by atoms with Crippen LogP contribution in [-0.4, -0.2) is 62.8 Å². The quantitative estimate of drug-likeness (QED) is 0.721. The van der Waals surface area contributed by atoms with Crippen LogP contribution in [0.2, 0.25) is 0 Å². The molecule has 2 rings (SSSR count). The van der Waals surface area contributed by atoms with Crippen LogP contribution in [0.25, 0.3) is 0 Å². The fraction of sp³-hybridized carbons (Fsp3) is 1.00. The lowest BCUT2D eigenvalue weighted by Gasteiger charge is -2.34. The number of halogens is 1. The summed E-state index contributed by atoms with van der Waals surface area (Å²) < 4.78 is 33.5. The first-order valence-electron chi connectivity index (χ1n) is 7.39. The second kappa shape index (κ2) is 7.40. The molecule has 0 atom stereocenters. The molecule has 2 heterocycles. The lowest BCUT2D eigenvalue weighted by molar-refractivity contribution is 0.0614. The fourth-order valence-corrected chi connectivity index (χ4v) is 4.65.